The van der Waals surface area contributed by atoms with E-state index in [0.29, 0.717) is 30.9 Å². The Kier molecular flexibility index (Phi) is 7.39. The fourth-order valence-electron chi connectivity index (χ4n) is 4.78. The van der Waals surface area contributed by atoms with E-state index in [9.17, 15) is 22.8 Å². The van der Waals surface area contributed by atoms with E-state index < -0.39 is 18.8 Å². The van der Waals surface area contributed by atoms with E-state index >= 15 is 0 Å². The lowest BCUT2D eigenvalue weighted by atomic mass is 9.84. The normalized spacial score (nSPS) is 24.0. The monoisotopic (exact) mass is 425 g/mol. The molecule has 0 spiro atoms. The van der Waals surface area contributed by atoms with Gasteiger partial charge in [-0.1, -0.05) is 31.0 Å². The number of nitrogens with zero attached hydrogens (tertiary/aromatic N) is 2. The quantitative estimate of drug-likeness (QED) is 0.681. The Hall–Kier alpha value is -2.09. The van der Waals surface area contributed by atoms with Crippen molar-refractivity contribution in [2.45, 2.75) is 56.8 Å². The fourth-order valence-corrected chi connectivity index (χ4v) is 4.78. The molecule has 2 fully saturated rings. The zero-order valence-electron chi connectivity index (χ0n) is 17.3. The van der Waals surface area contributed by atoms with Crippen molar-refractivity contribution in [3.63, 3.8) is 0 Å². The van der Waals surface area contributed by atoms with E-state index in [1.54, 1.807) is 17.0 Å². The van der Waals surface area contributed by atoms with Crippen LogP contribution in [0.1, 0.15) is 48.9 Å². The smallest absolute Gasteiger partial charge is 0.354 e. The van der Waals surface area contributed by atoms with Gasteiger partial charge in [-0.05, 0) is 57.3 Å². The van der Waals surface area contributed by atoms with Crippen molar-refractivity contribution >= 4 is 11.8 Å². The molecule has 3 atom stereocenters. The first-order valence-electron chi connectivity index (χ1n) is 10.7. The predicted molar refractivity (Wildman–Crippen MR) is 108 cm³/mol. The summed E-state index contributed by atoms with van der Waals surface area (Å²) in [5.74, 6) is 0.0160. The number of fused-ring (bicyclic) bond motifs is 1. The summed E-state index contributed by atoms with van der Waals surface area (Å²) in [5, 5.41) is 2.85. The minimum Gasteiger partial charge on any atom is -0.354 e. The molecule has 1 aromatic rings. The molecule has 5 nitrogen and oxygen atoms in total. The summed E-state index contributed by atoms with van der Waals surface area (Å²) in [6, 6.07) is 8.58. The lowest BCUT2D eigenvalue weighted by Crippen LogP contribution is -2.49. The van der Waals surface area contributed by atoms with Gasteiger partial charge >= 0.3 is 6.18 Å². The summed E-state index contributed by atoms with van der Waals surface area (Å²) in [6.45, 7) is -0.436. The Morgan fingerprint density at radius 2 is 1.87 bits per heavy atom. The number of carbonyl (C=O) groups is 2. The molecule has 1 saturated carbocycles. The minimum absolute atomic E-state index is 0.0834. The number of hydrogen-bond donors (Lipinski definition) is 1. The maximum absolute atomic E-state index is 13.2. The van der Waals surface area contributed by atoms with Crippen LogP contribution in [0.25, 0.3) is 0 Å². The summed E-state index contributed by atoms with van der Waals surface area (Å²) < 4.78 is 37.2. The zero-order valence-corrected chi connectivity index (χ0v) is 17.3. The van der Waals surface area contributed by atoms with Gasteiger partial charge in [0, 0.05) is 18.2 Å². The van der Waals surface area contributed by atoms with E-state index in [1.807, 2.05) is 18.2 Å². The molecular weight excluding hydrogens is 395 g/mol. The van der Waals surface area contributed by atoms with Crippen molar-refractivity contribution in [1.82, 2.24) is 15.1 Å². The fraction of sp³-hybridized carbons (Fsp3) is 0.636. The Bertz CT molecular complexity index is 726. The second kappa shape index (κ2) is 9.81. The van der Waals surface area contributed by atoms with Crippen molar-refractivity contribution < 1.29 is 22.8 Å². The van der Waals surface area contributed by atoms with E-state index in [1.165, 1.54) is 11.9 Å². The average Bonchev–Trinajstić information content (AvgIpc) is 3.09. The number of carbonyl (C=O) groups excluding carboxylic acids is 2. The molecule has 1 aliphatic carbocycles. The molecule has 2 aliphatic rings. The maximum Gasteiger partial charge on any atom is 0.401 e. The molecule has 1 aromatic carbocycles. The van der Waals surface area contributed by atoms with Gasteiger partial charge in [-0.15, -0.1) is 0 Å². The number of amides is 2. The largest absolute Gasteiger partial charge is 0.401 e. The molecule has 0 radical (unpaired) electrons. The van der Waals surface area contributed by atoms with Crippen LogP contribution in [-0.4, -0.2) is 66.6 Å². The highest BCUT2D eigenvalue weighted by atomic mass is 19.4. The van der Waals surface area contributed by atoms with Crippen molar-refractivity contribution in [2.24, 2.45) is 5.92 Å². The zero-order chi connectivity index (χ0) is 21.7. The first kappa shape index (κ1) is 22.6. The summed E-state index contributed by atoms with van der Waals surface area (Å²) in [5.41, 5.74) is 0.579. The van der Waals surface area contributed by atoms with Crippen LogP contribution >= 0.6 is 0 Å². The molecule has 3 unspecified atom stereocenters. The Morgan fingerprint density at radius 3 is 2.57 bits per heavy atom. The molecule has 1 saturated heterocycles. The molecule has 1 heterocycles. The molecule has 166 valence electrons. The first-order chi connectivity index (χ1) is 14.3. The lowest BCUT2D eigenvalue weighted by Gasteiger charge is -2.33. The summed E-state index contributed by atoms with van der Waals surface area (Å²) >= 11 is 0. The number of alkyl halides is 3. The highest BCUT2D eigenvalue weighted by Crippen LogP contribution is 2.40. The van der Waals surface area contributed by atoms with Gasteiger partial charge < -0.3 is 10.2 Å². The number of rotatable bonds is 7. The van der Waals surface area contributed by atoms with Crippen molar-refractivity contribution in [1.29, 1.82) is 0 Å². The van der Waals surface area contributed by atoms with Gasteiger partial charge in [-0.25, -0.2) is 0 Å². The van der Waals surface area contributed by atoms with Crippen molar-refractivity contribution in [3.8, 4) is 0 Å². The van der Waals surface area contributed by atoms with Gasteiger partial charge in [0.05, 0.1) is 6.54 Å². The minimum atomic E-state index is -4.23. The van der Waals surface area contributed by atoms with Crippen LogP contribution in [0, 0.1) is 5.92 Å². The second-order valence-electron chi connectivity index (χ2n) is 8.44. The predicted octanol–water partition coefficient (Wildman–Crippen LogP) is 3.46. The molecule has 2 amide bonds. The molecule has 1 aliphatic heterocycles. The molecule has 0 bridgehead atoms. The van der Waals surface area contributed by atoms with Gasteiger partial charge in [0.2, 0.25) is 5.91 Å². The van der Waals surface area contributed by atoms with E-state index in [-0.39, 0.29) is 24.4 Å². The van der Waals surface area contributed by atoms with Gasteiger partial charge in [0.1, 0.15) is 6.04 Å². The third kappa shape index (κ3) is 5.74. The van der Waals surface area contributed by atoms with E-state index in [0.717, 1.165) is 25.7 Å². The van der Waals surface area contributed by atoms with Gasteiger partial charge in [0.15, 0.2) is 0 Å². The molecule has 0 aromatic heterocycles. The Balaban J connectivity index is 1.59. The van der Waals surface area contributed by atoms with E-state index in [2.05, 4.69) is 5.32 Å². The highest BCUT2D eigenvalue weighted by Gasteiger charge is 2.47. The number of likely N-dealkylation sites (tertiary alicyclic amines) is 1. The number of hydrogen-bond acceptors (Lipinski definition) is 3. The van der Waals surface area contributed by atoms with Crippen LogP contribution in [0.15, 0.2) is 30.3 Å². The average molecular weight is 425 g/mol. The molecular formula is C22H30F3N3O2. The van der Waals surface area contributed by atoms with Gasteiger partial charge in [-0.3, -0.25) is 14.5 Å². The van der Waals surface area contributed by atoms with E-state index in [4.69, 9.17) is 0 Å². The molecule has 30 heavy (non-hydrogen) atoms. The van der Waals surface area contributed by atoms with Crippen molar-refractivity contribution in [3.05, 3.63) is 35.9 Å². The third-order valence-electron chi connectivity index (χ3n) is 6.11. The molecule has 1 N–H and O–H groups in total. The van der Waals surface area contributed by atoms with Gasteiger partial charge in [-0.2, -0.15) is 13.2 Å². The SMILES string of the molecule is CN(CCCNC(=O)C1CC2CCCCC2N1C(=O)c1ccccc1)CC(F)(F)F. The van der Waals surface area contributed by atoms with Crippen molar-refractivity contribution in [2.75, 3.05) is 26.7 Å². The summed E-state index contributed by atoms with van der Waals surface area (Å²) in [4.78, 5) is 29.1. The molecule has 3 rings (SSSR count). The maximum atomic E-state index is 13.2. The number of halogens is 3. The summed E-state index contributed by atoms with van der Waals surface area (Å²) in [7, 11) is 1.41. The van der Waals surface area contributed by atoms with Crippen LogP contribution < -0.4 is 5.32 Å². The lowest BCUT2D eigenvalue weighted by molar-refractivity contribution is -0.143. The standard InChI is InChI=1S/C22H30F3N3O2/c1-27(15-22(23,24)25)13-7-12-26-20(29)19-14-17-10-5-6-11-18(17)28(19)21(30)16-8-3-2-4-9-16/h2-4,8-9,17-19H,5-7,10-15H2,1H3,(H,26,29). The number of nitrogens with one attached hydrogen (secondary N) is 1. The Morgan fingerprint density at radius 1 is 1.17 bits per heavy atom. The summed E-state index contributed by atoms with van der Waals surface area (Å²) in [6.07, 6.45) is 0.961. The van der Waals surface area contributed by atoms with Crippen LogP contribution in [0.3, 0.4) is 0 Å². The molecule has 8 heteroatoms. The highest BCUT2D eigenvalue weighted by molar-refractivity contribution is 5.98. The van der Waals surface area contributed by atoms with Crippen LogP contribution in [-0.2, 0) is 4.79 Å². The van der Waals surface area contributed by atoms with Gasteiger partial charge in [0.25, 0.3) is 5.91 Å². The van der Waals surface area contributed by atoms with Crippen LogP contribution in [0.2, 0.25) is 0 Å². The topological polar surface area (TPSA) is 52.7 Å². The number of benzene rings is 1. The second-order valence-corrected chi connectivity index (χ2v) is 8.44. The first-order valence-corrected chi connectivity index (χ1v) is 10.7. The third-order valence-corrected chi connectivity index (χ3v) is 6.11. The van der Waals surface area contributed by atoms with Crippen LogP contribution in [0.5, 0.6) is 0 Å². The Labute approximate surface area is 175 Å². The van der Waals surface area contributed by atoms with Crippen LogP contribution in [0.4, 0.5) is 13.2 Å².